The summed E-state index contributed by atoms with van der Waals surface area (Å²) < 4.78 is 0. The van der Waals surface area contributed by atoms with Gasteiger partial charge in [-0.15, -0.1) is 0 Å². The van der Waals surface area contributed by atoms with Crippen LogP contribution >= 0.6 is 0 Å². The summed E-state index contributed by atoms with van der Waals surface area (Å²) in [5.74, 6) is 6.47. The van der Waals surface area contributed by atoms with Crippen LogP contribution < -0.4 is 0 Å². The molecular weight excluding hydrogens is 264 g/mol. The SMILES string of the molecule is CCN(CC1CCC1)C(=O)c1ccncc1C#CCCO. The van der Waals surface area contributed by atoms with Crippen LogP contribution in [0, 0.1) is 17.8 Å². The first-order valence-corrected chi connectivity index (χ1v) is 7.59. The van der Waals surface area contributed by atoms with E-state index in [1.807, 2.05) is 11.8 Å². The maximum absolute atomic E-state index is 12.7. The molecule has 2 rings (SSSR count). The first-order valence-electron chi connectivity index (χ1n) is 7.59. The van der Waals surface area contributed by atoms with Crippen molar-refractivity contribution in [1.29, 1.82) is 0 Å². The largest absolute Gasteiger partial charge is 0.395 e. The zero-order valence-corrected chi connectivity index (χ0v) is 12.5. The second-order valence-electron chi connectivity index (χ2n) is 5.34. The first kappa shape index (κ1) is 15.5. The average Bonchev–Trinajstić information content (AvgIpc) is 2.46. The van der Waals surface area contributed by atoms with Gasteiger partial charge in [-0.3, -0.25) is 9.78 Å². The van der Waals surface area contributed by atoms with Crippen LogP contribution in [0.25, 0.3) is 0 Å². The van der Waals surface area contributed by atoms with E-state index in [9.17, 15) is 4.79 Å². The summed E-state index contributed by atoms with van der Waals surface area (Å²) in [5, 5.41) is 8.79. The number of pyridine rings is 1. The van der Waals surface area contributed by atoms with Gasteiger partial charge < -0.3 is 10.0 Å². The molecule has 1 aromatic heterocycles. The summed E-state index contributed by atoms with van der Waals surface area (Å²) in [7, 11) is 0. The van der Waals surface area contributed by atoms with Crippen molar-refractivity contribution in [2.45, 2.75) is 32.6 Å². The molecule has 4 nitrogen and oxygen atoms in total. The molecule has 4 heteroatoms. The molecule has 1 fully saturated rings. The minimum Gasteiger partial charge on any atom is -0.395 e. The van der Waals surface area contributed by atoms with Gasteiger partial charge >= 0.3 is 0 Å². The molecule has 1 N–H and O–H groups in total. The number of hydrogen-bond donors (Lipinski definition) is 1. The lowest BCUT2D eigenvalue weighted by Gasteiger charge is -2.32. The van der Waals surface area contributed by atoms with Crippen LogP contribution in [0.2, 0.25) is 0 Å². The van der Waals surface area contributed by atoms with E-state index in [1.54, 1.807) is 18.5 Å². The molecule has 0 aliphatic heterocycles. The number of hydrogen-bond acceptors (Lipinski definition) is 3. The zero-order chi connectivity index (χ0) is 15.1. The molecule has 0 atom stereocenters. The van der Waals surface area contributed by atoms with Crippen molar-refractivity contribution in [3.63, 3.8) is 0 Å². The Balaban J connectivity index is 2.15. The van der Waals surface area contributed by atoms with Gasteiger partial charge in [0.05, 0.1) is 17.7 Å². The Morgan fingerprint density at radius 1 is 1.52 bits per heavy atom. The van der Waals surface area contributed by atoms with E-state index >= 15 is 0 Å². The Labute approximate surface area is 126 Å². The van der Waals surface area contributed by atoms with Crippen molar-refractivity contribution >= 4 is 5.91 Å². The van der Waals surface area contributed by atoms with E-state index in [2.05, 4.69) is 16.8 Å². The topological polar surface area (TPSA) is 53.4 Å². The quantitative estimate of drug-likeness (QED) is 0.843. The van der Waals surface area contributed by atoms with Gasteiger partial charge in [-0.05, 0) is 31.7 Å². The third-order valence-electron chi connectivity index (χ3n) is 3.88. The Morgan fingerprint density at radius 3 is 2.95 bits per heavy atom. The highest BCUT2D eigenvalue weighted by Gasteiger charge is 2.24. The minimum absolute atomic E-state index is 0.0271. The van der Waals surface area contributed by atoms with Crippen LogP contribution in [0.1, 0.15) is 48.5 Å². The number of amides is 1. The molecule has 112 valence electrons. The van der Waals surface area contributed by atoms with E-state index in [0.29, 0.717) is 30.0 Å². The lowest BCUT2D eigenvalue weighted by atomic mass is 9.85. The molecule has 21 heavy (non-hydrogen) atoms. The fraction of sp³-hybridized carbons (Fsp3) is 0.529. The third-order valence-corrected chi connectivity index (χ3v) is 3.88. The smallest absolute Gasteiger partial charge is 0.255 e. The maximum Gasteiger partial charge on any atom is 0.255 e. The molecule has 1 saturated carbocycles. The highest BCUT2D eigenvalue weighted by molar-refractivity contribution is 5.96. The number of carbonyl (C=O) groups excluding carboxylic acids is 1. The molecule has 0 unspecified atom stereocenters. The van der Waals surface area contributed by atoms with Gasteiger partial charge in [0.2, 0.25) is 0 Å². The summed E-state index contributed by atoms with van der Waals surface area (Å²) in [6, 6.07) is 1.73. The van der Waals surface area contributed by atoms with Gasteiger partial charge in [0.15, 0.2) is 0 Å². The highest BCUT2D eigenvalue weighted by Crippen LogP contribution is 2.27. The van der Waals surface area contributed by atoms with Crippen molar-refractivity contribution in [1.82, 2.24) is 9.88 Å². The molecular formula is C17H22N2O2. The van der Waals surface area contributed by atoms with Crippen LogP contribution in [-0.2, 0) is 0 Å². The fourth-order valence-corrected chi connectivity index (χ4v) is 2.41. The van der Waals surface area contributed by atoms with Gasteiger partial charge in [-0.1, -0.05) is 18.3 Å². The van der Waals surface area contributed by atoms with E-state index in [0.717, 1.165) is 6.54 Å². The standard InChI is InChI=1S/C17H22N2O2/c1-2-19(13-14-6-5-7-14)17(21)16-9-10-18-12-15(16)8-3-4-11-20/h9-10,12,14,20H,2,4-7,11,13H2,1H3. The number of aromatic nitrogens is 1. The molecule has 0 radical (unpaired) electrons. The summed E-state index contributed by atoms with van der Waals surface area (Å²) in [6.07, 6.45) is 7.38. The van der Waals surface area contributed by atoms with Gasteiger partial charge in [0.1, 0.15) is 0 Å². The lowest BCUT2D eigenvalue weighted by Crippen LogP contribution is -2.37. The average molecular weight is 286 g/mol. The number of aliphatic hydroxyl groups is 1. The van der Waals surface area contributed by atoms with Crippen LogP contribution in [-0.4, -0.2) is 40.6 Å². The lowest BCUT2D eigenvalue weighted by molar-refractivity contribution is 0.0706. The normalized spacial score (nSPS) is 14.0. The van der Waals surface area contributed by atoms with E-state index in [4.69, 9.17) is 5.11 Å². The van der Waals surface area contributed by atoms with Crippen molar-refractivity contribution in [3.05, 3.63) is 29.6 Å². The number of aliphatic hydroxyl groups excluding tert-OH is 1. The summed E-state index contributed by atoms with van der Waals surface area (Å²) in [4.78, 5) is 18.6. The third kappa shape index (κ3) is 4.05. The summed E-state index contributed by atoms with van der Waals surface area (Å²) >= 11 is 0. The Kier molecular flexibility index (Phi) is 5.77. The van der Waals surface area contributed by atoms with Gasteiger partial charge in [0, 0.05) is 31.9 Å². The predicted molar refractivity (Wildman–Crippen MR) is 81.7 cm³/mol. The van der Waals surface area contributed by atoms with Gasteiger partial charge in [-0.2, -0.15) is 0 Å². The number of nitrogens with zero attached hydrogens (tertiary/aromatic N) is 2. The molecule has 1 aliphatic rings. The molecule has 0 aromatic carbocycles. The number of carbonyl (C=O) groups is 1. The highest BCUT2D eigenvalue weighted by atomic mass is 16.2. The second kappa shape index (κ2) is 7.80. The molecule has 1 amide bonds. The Bertz CT molecular complexity index is 541. The second-order valence-corrected chi connectivity index (χ2v) is 5.34. The van der Waals surface area contributed by atoms with Gasteiger partial charge in [-0.25, -0.2) is 0 Å². The minimum atomic E-state index is 0.0271. The summed E-state index contributed by atoms with van der Waals surface area (Å²) in [5.41, 5.74) is 1.25. The molecule has 0 saturated heterocycles. The Morgan fingerprint density at radius 2 is 2.33 bits per heavy atom. The number of rotatable bonds is 5. The van der Waals surface area contributed by atoms with E-state index < -0.39 is 0 Å². The van der Waals surface area contributed by atoms with Crippen molar-refractivity contribution in [2.75, 3.05) is 19.7 Å². The molecule has 0 bridgehead atoms. The van der Waals surface area contributed by atoms with Crippen molar-refractivity contribution in [2.24, 2.45) is 5.92 Å². The van der Waals surface area contributed by atoms with Crippen LogP contribution in [0.15, 0.2) is 18.5 Å². The maximum atomic E-state index is 12.7. The molecule has 0 spiro atoms. The van der Waals surface area contributed by atoms with E-state index in [-0.39, 0.29) is 12.5 Å². The predicted octanol–water partition coefficient (Wildman–Crippen LogP) is 2.08. The zero-order valence-electron chi connectivity index (χ0n) is 12.5. The van der Waals surface area contributed by atoms with Gasteiger partial charge in [0.25, 0.3) is 5.91 Å². The van der Waals surface area contributed by atoms with E-state index in [1.165, 1.54) is 19.3 Å². The molecule has 1 heterocycles. The van der Waals surface area contributed by atoms with Crippen molar-refractivity contribution in [3.8, 4) is 11.8 Å². The molecule has 1 aliphatic carbocycles. The monoisotopic (exact) mass is 286 g/mol. The Hall–Kier alpha value is -1.86. The van der Waals surface area contributed by atoms with Crippen LogP contribution in [0.5, 0.6) is 0 Å². The first-order chi connectivity index (χ1) is 10.3. The van der Waals surface area contributed by atoms with Crippen LogP contribution in [0.3, 0.4) is 0 Å². The van der Waals surface area contributed by atoms with Crippen molar-refractivity contribution < 1.29 is 9.90 Å². The fourth-order valence-electron chi connectivity index (χ4n) is 2.41. The van der Waals surface area contributed by atoms with Crippen LogP contribution in [0.4, 0.5) is 0 Å². The summed E-state index contributed by atoms with van der Waals surface area (Å²) in [6.45, 7) is 3.58. The molecule has 1 aromatic rings.